The van der Waals surface area contributed by atoms with Crippen molar-refractivity contribution in [3.05, 3.63) is 86.3 Å². The molecule has 1 saturated heterocycles. The predicted octanol–water partition coefficient (Wildman–Crippen LogP) is 4.23. The number of carbonyl (C=O) groups excluding carboxylic acids is 1. The molecule has 2 aromatic rings. The smallest absolute Gasteiger partial charge is 0.241 e. The highest BCUT2D eigenvalue weighted by Gasteiger charge is 2.39. The number of amides is 1. The molecular formula is C27H33BrClN5O. The summed E-state index contributed by atoms with van der Waals surface area (Å²) in [6.45, 7) is 4.69. The fraction of sp³-hybridized carbons (Fsp3) is 0.407. The second kappa shape index (κ2) is 11.7. The third-order valence-electron chi connectivity index (χ3n) is 6.81. The van der Waals surface area contributed by atoms with Crippen LogP contribution in [0.15, 0.2) is 58.9 Å². The lowest BCUT2D eigenvalue weighted by Gasteiger charge is -2.42. The SMILES string of the molecule is C/C=C\C=C(\N)CCN(C)C(=O)C1CNCCN1C1c2ccc(Cl)cc2CCc2cc(Br)cnc21. The fourth-order valence-corrected chi connectivity index (χ4v) is 5.54. The first-order valence-corrected chi connectivity index (χ1v) is 13.3. The summed E-state index contributed by atoms with van der Waals surface area (Å²) in [6, 6.07) is 7.86. The van der Waals surface area contributed by atoms with Gasteiger partial charge in [-0.25, -0.2) is 0 Å². The van der Waals surface area contributed by atoms with Crippen LogP contribution in [0.4, 0.5) is 0 Å². The number of hydrogen-bond acceptors (Lipinski definition) is 5. The van der Waals surface area contributed by atoms with Crippen LogP contribution in [0.25, 0.3) is 0 Å². The maximum Gasteiger partial charge on any atom is 0.241 e. The van der Waals surface area contributed by atoms with Gasteiger partial charge in [-0.3, -0.25) is 14.7 Å². The number of aryl methyl sites for hydroxylation is 2. The molecule has 1 amide bonds. The largest absolute Gasteiger partial charge is 0.402 e. The van der Waals surface area contributed by atoms with Crippen molar-refractivity contribution in [2.75, 3.05) is 33.2 Å². The van der Waals surface area contributed by atoms with Crippen molar-refractivity contribution in [2.45, 2.75) is 38.3 Å². The molecule has 2 unspecified atom stereocenters. The molecule has 0 bridgehead atoms. The molecule has 35 heavy (non-hydrogen) atoms. The number of rotatable bonds is 6. The molecule has 2 atom stereocenters. The van der Waals surface area contributed by atoms with Gasteiger partial charge in [0.2, 0.25) is 5.91 Å². The Morgan fingerprint density at radius 2 is 2.14 bits per heavy atom. The summed E-state index contributed by atoms with van der Waals surface area (Å²) in [7, 11) is 1.86. The minimum absolute atomic E-state index is 0.0921. The number of carbonyl (C=O) groups is 1. The van der Waals surface area contributed by atoms with Crippen LogP contribution in [0.5, 0.6) is 0 Å². The van der Waals surface area contributed by atoms with Crippen LogP contribution in [0.2, 0.25) is 5.02 Å². The molecule has 4 rings (SSSR count). The van der Waals surface area contributed by atoms with E-state index in [-0.39, 0.29) is 18.0 Å². The van der Waals surface area contributed by atoms with E-state index < -0.39 is 0 Å². The molecule has 1 aliphatic heterocycles. The Labute approximate surface area is 221 Å². The zero-order valence-corrected chi connectivity index (χ0v) is 22.6. The number of nitrogens with zero attached hydrogens (tertiary/aromatic N) is 3. The lowest BCUT2D eigenvalue weighted by molar-refractivity contribution is -0.137. The monoisotopic (exact) mass is 557 g/mol. The lowest BCUT2D eigenvalue weighted by Crippen LogP contribution is -2.59. The Bertz CT molecular complexity index is 1080. The van der Waals surface area contributed by atoms with Crippen LogP contribution in [-0.4, -0.2) is 60.0 Å². The van der Waals surface area contributed by atoms with Crippen LogP contribution >= 0.6 is 27.5 Å². The molecule has 0 spiro atoms. The highest BCUT2D eigenvalue weighted by molar-refractivity contribution is 9.10. The Kier molecular flexibility index (Phi) is 8.65. The van der Waals surface area contributed by atoms with Crippen LogP contribution < -0.4 is 11.1 Å². The Balaban J connectivity index is 1.67. The van der Waals surface area contributed by atoms with Gasteiger partial charge in [-0.2, -0.15) is 0 Å². The Morgan fingerprint density at radius 3 is 2.94 bits per heavy atom. The fourth-order valence-electron chi connectivity index (χ4n) is 4.97. The van der Waals surface area contributed by atoms with Gasteiger partial charge >= 0.3 is 0 Å². The van der Waals surface area contributed by atoms with Gasteiger partial charge in [0.1, 0.15) is 6.04 Å². The highest BCUT2D eigenvalue weighted by Crippen LogP contribution is 2.39. The number of piperazine rings is 1. The average molecular weight is 559 g/mol. The second-order valence-corrected chi connectivity index (χ2v) is 10.5. The van der Waals surface area contributed by atoms with E-state index >= 15 is 0 Å². The summed E-state index contributed by atoms with van der Waals surface area (Å²) in [6.07, 6.45) is 10.0. The molecule has 1 aromatic heterocycles. The molecular weight excluding hydrogens is 526 g/mol. The van der Waals surface area contributed by atoms with Gasteiger partial charge < -0.3 is 16.0 Å². The minimum atomic E-state index is -0.306. The van der Waals surface area contributed by atoms with Gasteiger partial charge in [-0.15, -0.1) is 0 Å². The number of pyridine rings is 1. The van der Waals surface area contributed by atoms with E-state index in [1.165, 1.54) is 16.7 Å². The maximum absolute atomic E-state index is 13.7. The molecule has 0 saturated carbocycles. The molecule has 3 N–H and O–H groups in total. The second-order valence-electron chi connectivity index (χ2n) is 9.18. The number of halogens is 2. The predicted molar refractivity (Wildman–Crippen MR) is 145 cm³/mol. The minimum Gasteiger partial charge on any atom is -0.402 e. The standard InChI is InChI=1S/C27H33BrClN5O/c1-3-4-5-22(30)10-12-33(2)27(35)24-17-31-11-13-34(24)26-23-9-8-21(29)15-18(23)6-7-19-14-20(28)16-32-25(19)26/h3-5,8-9,14-16,24,26,31H,6-7,10-13,17,30H2,1-2H3/b4-3-,22-5+. The van der Waals surface area contributed by atoms with E-state index in [1.807, 2.05) is 44.5 Å². The van der Waals surface area contributed by atoms with E-state index in [1.54, 1.807) is 4.90 Å². The Morgan fingerprint density at radius 1 is 1.34 bits per heavy atom. The van der Waals surface area contributed by atoms with Gasteiger partial charge in [0, 0.05) is 61.0 Å². The summed E-state index contributed by atoms with van der Waals surface area (Å²) in [5.41, 5.74) is 11.5. The van der Waals surface area contributed by atoms with Crippen molar-refractivity contribution in [1.82, 2.24) is 20.1 Å². The van der Waals surface area contributed by atoms with Gasteiger partial charge in [-0.1, -0.05) is 29.8 Å². The third-order valence-corrected chi connectivity index (χ3v) is 7.48. The van der Waals surface area contributed by atoms with Crippen molar-refractivity contribution < 1.29 is 4.79 Å². The number of allylic oxidation sites excluding steroid dienone is 3. The third kappa shape index (κ3) is 5.97. The molecule has 2 aliphatic rings. The number of likely N-dealkylation sites (N-methyl/N-ethyl adjacent to an activating group) is 1. The summed E-state index contributed by atoms with van der Waals surface area (Å²) in [5, 5.41) is 4.17. The molecule has 186 valence electrons. The summed E-state index contributed by atoms with van der Waals surface area (Å²) in [4.78, 5) is 22.7. The summed E-state index contributed by atoms with van der Waals surface area (Å²) < 4.78 is 0.968. The van der Waals surface area contributed by atoms with Crippen LogP contribution in [0.1, 0.15) is 41.8 Å². The van der Waals surface area contributed by atoms with E-state index in [9.17, 15) is 4.79 Å². The van der Waals surface area contributed by atoms with Crippen LogP contribution in [0.3, 0.4) is 0 Å². The number of nitrogens with two attached hydrogens (primary N) is 1. The molecule has 6 nitrogen and oxygen atoms in total. The Hall–Kier alpha value is -2.19. The zero-order chi connectivity index (χ0) is 24.9. The average Bonchev–Trinajstić information content (AvgIpc) is 3.01. The van der Waals surface area contributed by atoms with Crippen molar-refractivity contribution in [2.24, 2.45) is 5.73 Å². The molecule has 2 heterocycles. The first-order valence-electron chi connectivity index (χ1n) is 12.1. The first kappa shape index (κ1) is 25.9. The number of nitrogens with one attached hydrogen (secondary N) is 1. The molecule has 8 heteroatoms. The topological polar surface area (TPSA) is 74.5 Å². The number of benzene rings is 1. The maximum atomic E-state index is 13.7. The van der Waals surface area contributed by atoms with Gasteiger partial charge in [-0.05, 0) is 76.7 Å². The van der Waals surface area contributed by atoms with Crippen molar-refractivity contribution in [3.63, 3.8) is 0 Å². The summed E-state index contributed by atoms with van der Waals surface area (Å²) in [5.74, 6) is 0.0921. The van der Waals surface area contributed by atoms with E-state index in [4.69, 9.17) is 22.3 Å². The van der Waals surface area contributed by atoms with Gasteiger partial charge in [0.05, 0.1) is 11.7 Å². The van der Waals surface area contributed by atoms with Gasteiger partial charge in [0.15, 0.2) is 0 Å². The van der Waals surface area contributed by atoms with Gasteiger partial charge in [0.25, 0.3) is 0 Å². The number of hydrogen-bond donors (Lipinski definition) is 2. The quantitative estimate of drug-likeness (QED) is 0.519. The molecule has 1 aromatic carbocycles. The van der Waals surface area contributed by atoms with E-state index in [0.717, 1.165) is 46.8 Å². The number of aromatic nitrogens is 1. The number of fused-ring (bicyclic) bond motifs is 2. The molecule has 1 aliphatic carbocycles. The lowest BCUT2D eigenvalue weighted by atomic mass is 9.94. The zero-order valence-electron chi connectivity index (χ0n) is 20.3. The van der Waals surface area contributed by atoms with Crippen LogP contribution in [0, 0.1) is 0 Å². The summed E-state index contributed by atoms with van der Waals surface area (Å²) >= 11 is 9.98. The highest BCUT2D eigenvalue weighted by atomic mass is 79.9. The van der Waals surface area contributed by atoms with Crippen molar-refractivity contribution >= 4 is 33.4 Å². The van der Waals surface area contributed by atoms with Crippen LogP contribution in [-0.2, 0) is 17.6 Å². The molecule has 0 radical (unpaired) electrons. The van der Waals surface area contributed by atoms with Crippen molar-refractivity contribution in [3.8, 4) is 0 Å². The van der Waals surface area contributed by atoms with Crippen molar-refractivity contribution in [1.29, 1.82) is 0 Å². The van der Waals surface area contributed by atoms with E-state index in [0.29, 0.717) is 19.5 Å². The first-order chi connectivity index (χ1) is 16.9. The van der Waals surface area contributed by atoms with E-state index in [2.05, 4.69) is 44.3 Å². The normalized spacial score (nSPS) is 20.9. The molecule has 1 fully saturated rings.